The van der Waals surface area contributed by atoms with Crippen LogP contribution in [0.25, 0.3) is 11.0 Å². The van der Waals surface area contributed by atoms with Gasteiger partial charge in [-0.05, 0) is 31.0 Å². The minimum atomic E-state index is -3.80. The second-order valence-corrected chi connectivity index (χ2v) is 8.53. The molecule has 1 atom stereocenters. The quantitative estimate of drug-likeness (QED) is 0.547. The van der Waals surface area contributed by atoms with E-state index < -0.39 is 14.9 Å². The molecule has 0 radical (unpaired) electrons. The predicted molar refractivity (Wildman–Crippen MR) is 99.9 cm³/mol. The Balaban J connectivity index is 1.62. The maximum absolute atomic E-state index is 13.0. The molecular weight excluding hydrogens is 368 g/mol. The first-order chi connectivity index (χ1) is 12.9. The number of nitro benzene ring substituents is 1. The van der Waals surface area contributed by atoms with Crippen LogP contribution in [0.2, 0.25) is 0 Å². The minimum absolute atomic E-state index is 0.0420. The first-order valence-corrected chi connectivity index (χ1v) is 10.1. The summed E-state index contributed by atoms with van der Waals surface area (Å²) in [4.78, 5) is 18.2. The normalized spacial score (nSPS) is 18.6. The summed E-state index contributed by atoms with van der Waals surface area (Å²) in [5, 5.41) is 11.0. The van der Waals surface area contributed by atoms with Crippen molar-refractivity contribution >= 4 is 26.7 Å². The van der Waals surface area contributed by atoms with Gasteiger partial charge in [-0.1, -0.05) is 18.2 Å². The monoisotopic (exact) mass is 386 g/mol. The van der Waals surface area contributed by atoms with Gasteiger partial charge in [-0.2, -0.15) is 4.31 Å². The van der Waals surface area contributed by atoms with Gasteiger partial charge in [-0.15, -0.1) is 0 Å². The van der Waals surface area contributed by atoms with Crippen molar-refractivity contribution in [2.75, 3.05) is 13.1 Å². The number of benzene rings is 2. The van der Waals surface area contributed by atoms with Crippen LogP contribution in [0.15, 0.2) is 53.4 Å². The maximum atomic E-state index is 13.0. The van der Waals surface area contributed by atoms with Crippen molar-refractivity contribution in [3.05, 3.63) is 64.5 Å². The smallest absolute Gasteiger partial charge is 0.270 e. The van der Waals surface area contributed by atoms with Gasteiger partial charge in [0.25, 0.3) is 5.69 Å². The lowest BCUT2D eigenvalue weighted by Gasteiger charge is -2.30. The first kappa shape index (κ1) is 17.6. The molecule has 1 aliphatic rings. The van der Waals surface area contributed by atoms with Crippen molar-refractivity contribution in [1.82, 2.24) is 14.3 Å². The van der Waals surface area contributed by atoms with Crippen molar-refractivity contribution in [2.45, 2.75) is 23.7 Å². The Bertz CT molecular complexity index is 1080. The third-order valence-electron chi connectivity index (χ3n) is 4.84. The zero-order valence-electron chi connectivity index (χ0n) is 14.4. The molecule has 9 heteroatoms. The number of hydrogen-bond donors (Lipinski definition) is 1. The van der Waals surface area contributed by atoms with Crippen LogP contribution in [0.1, 0.15) is 24.6 Å². The molecule has 0 spiro atoms. The van der Waals surface area contributed by atoms with E-state index in [1.165, 1.54) is 22.5 Å². The highest BCUT2D eigenvalue weighted by molar-refractivity contribution is 7.89. The number of aromatic nitrogens is 2. The predicted octanol–water partition coefficient (Wildman–Crippen LogP) is 3.04. The highest BCUT2D eigenvalue weighted by Gasteiger charge is 2.32. The number of imidazole rings is 1. The highest BCUT2D eigenvalue weighted by Crippen LogP contribution is 2.30. The van der Waals surface area contributed by atoms with Crippen LogP contribution < -0.4 is 0 Å². The summed E-state index contributed by atoms with van der Waals surface area (Å²) in [6, 6.07) is 12.9. The Hall–Kier alpha value is -2.78. The molecule has 0 aliphatic carbocycles. The SMILES string of the molecule is O=[N+]([O-])c1cccc(S(=O)(=O)N2CCCC(c3nc4ccccc4[nH]3)C2)c1. The molecule has 1 fully saturated rings. The molecule has 0 amide bonds. The summed E-state index contributed by atoms with van der Waals surface area (Å²) in [7, 11) is -3.80. The van der Waals surface area contributed by atoms with Crippen LogP contribution in [0.3, 0.4) is 0 Å². The molecule has 3 aromatic rings. The molecule has 140 valence electrons. The second kappa shape index (κ2) is 6.75. The molecular formula is C18H18N4O4S. The number of aromatic amines is 1. The lowest BCUT2D eigenvalue weighted by molar-refractivity contribution is -0.385. The molecule has 27 heavy (non-hydrogen) atoms. The Labute approximate surface area is 156 Å². The van der Waals surface area contributed by atoms with Crippen LogP contribution in [-0.4, -0.2) is 40.7 Å². The van der Waals surface area contributed by atoms with Gasteiger partial charge in [0.2, 0.25) is 10.0 Å². The van der Waals surface area contributed by atoms with E-state index in [1.807, 2.05) is 24.3 Å². The molecule has 4 rings (SSSR count). The van der Waals surface area contributed by atoms with Gasteiger partial charge in [0.15, 0.2) is 0 Å². The van der Waals surface area contributed by atoms with Gasteiger partial charge in [-0.25, -0.2) is 13.4 Å². The van der Waals surface area contributed by atoms with E-state index in [0.717, 1.165) is 29.3 Å². The van der Waals surface area contributed by atoms with Gasteiger partial charge in [0.05, 0.1) is 20.9 Å². The van der Waals surface area contributed by atoms with E-state index in [9.17, 15) is 18.5 Å². The highest BCUT2D eigenvalue weighted by atomic mass is 32.2. The molecule has 2 aromatic carbocycles. The molecule has 2 heterocycles. The number of nitro groups is 1. The third-order valence-corrected chi connectivity index (χ3v) is 6.71. The van der Waals surface area contributed by atoms with E-state index in [0.29, 0.717) is 19.5 Å². The van der Waals surface area contributed by atoms with E-state index in [-0.39, 0.29) is 16.5 Å². The second-order valence-electron chi connectivity index (χ2n) is 6.60. The van der Waals surface area contributed by atoms with Crippen molar-refractivity contribution in [2.24, 2.45) is 0 Å². The fraction of sp³-hybridized carbons (Fsp3) is 0.278. The van der Waals surface area contributed by atoms with Crippen LogP contribution in [-0.2, 0) is 10.0 Å². The van der Waals surface area contributed by atoms with Gasteiger partial charge in [0.1, 0.15) is 5.82 Å². The Morgan fingerprint density at radius 2 is 2.00 bits per heavy atom. The lowest BCUT2D eigenvalue weighted by atomic mass is 9.99. The fourth-order valence-corrected chi connectivity index (χ4v) is 5.02. The number of non-ortho nitro benzene ring substituents is 1. The van der Waals surface area contributed by atoms with Crippen LogP contribution in [0, 0.1) is 10.1 Å². The molecule has 0 bridgehead atoms. The Kier molecular flexibility index (Phi) is 4.40. The van der Waals surface area contributed by atoms with Gasteiger partial charge in [-0.3, -0.25) is 10.1 Å². The maximum Gasteiger partial charge on any atom is 0.270 e. The molecule has 0 saturated carbocycles. The van der Waals surface area contributed by atoms with Gasteiger partial charge in [0, 0.05) is 31.1 Å². The van der Waals surface area contributed by atoms with Crippen molar-refractivity contribution < 1.29 is 13.3 Å². The lowest BCUT2D eigenvalue weighted by Crippen LogP contribution is -2.39. The average molecular weight is 386 g/mol. The summed E-state index contributed by atoms with van der Waals surface area (Å²) in [5.41, 5.74) is 1.54. The molecule has 1 saturated heterocycles. The molecule has 1 unspecified atom stereocenters. The largest absolute Gasteiger partial charge is 0.342 e. The van der Waals surface area contributed by atoms with Crippen LogP contribution in [0.4, 0.5) is 5.69 Å². The summed E-state index contributed by atoms with van der Waals surface area (Å²) < 4.78 is 27.4. The Morgan fingerprint density at radius 1 is 1.19 bits per heavy atom. The summed E-state index contributed by atoms with van der Waals surface area (Å²) in [6.07, 6.45) is 1.54. The zero-order chi connectivity index (χ0) is 19.0. The Morgan fingerprint density at radius 3 is 2.78 bits per heavy atom. The number of H-pyrrole nitrogens is 1. The number of hydrogen-bond acceptors (Lipinski definition) is 5. The minimum Gasteiger partial charge on any atom is -0.342 e. The number of rotatable bonds is 4. The van der Waals surface area contributed by atoms with E-state index in [2.05, 4.69) is 9.97 Å². The van der Waals surface area contributed by atoms with E-state index in [1.54, 1.807) is 0 Å². The van der Waals surface area contributed by atoms with Gasteiger partial charge >= 0.3 is 0 Å². The fourth-order valence-electron chi connectivity index (χ4n) is 3.46. The standard InChI is InChI=1S/C18H18N4O4S/c23-22(24)14-6-3-7-15(11-14)27(25,26)21-10-4-5-13(12-21)18-19-16-8-1-2-9-17(16)20-18/h1-3,6-9,11,13H,4-5,10,12H2,(H,19,20). The van der Waals surface area contributed by atoms with E-state index in [4.69, 9.17) is 0 Å². The van der Waals surface area contributed by atoms with Crippen LogP contribution in [0.5, 0.6) is 0 Å². The number of fused-ring (bicyclic) bond motifs is 1. The molecule has 1 aromatic heterocycles. The summed E-state index contributed by atoms with van der Waals surface area (Å²) in [5.74, 6) is 0.731. The summed E-state index contributed by atoms with van der Waals surface area (Å²) in [6.45, 7) is 0.687. The van der Waals surface area contributed by atoms with Crippen molar-refractivity contribution in [1.29, 1.82) is 0 Å². The number of nitrogens with zero attached hydrogens (tertiary/aromatic N) is 3. The molecule has 1 aliphatic heterocycles. The van der Waals surface area contributed by atoms with Crippen LogP contribution >= 0.6 is 0 Å². The number of para-hydroxylation sites is 2. The summed E-state index contributed by atoms with van der Waals surface area (Å²) >= 11 is 0. The zero-order valence-corrected chi connectivity index (χ0v) is 15.2. The topological polar surface area (TPSA) is 109 Å². The first-order valence-electron chi connectivity index (χ1n) is 8.64. The number of nitrogens with one attached hydrogen (secondary N) is 1. The van der Waals surface area contributed by atoms with Crippen molar-refractivity contribution in [3.63, 3.8) is 0 Å². The van der Waals surface area contributed by atoms with Gasteiger partial charge < -0.3 is 4.98 Å². The average Bonchev–Trinajstić information content (AvgIpc) is 3.12. The third kappa shape index (κ3) is 3.31. The number of piperidine rings is 1. The van der Waals surface area contributed by atoms with Crippen molar-refractivity contribution in [3.8, 4) is 0 Å². The van der Waals surface area contributed by atoms with E-state index >= 15 is 0 Å². The molecule has 8 nitrogen and oxygen atoms in total. The number of sulfonamides is 1. The molecule has 1 N–H and O–H groups in total.